The first kappa shape index (κ1) is 12.9. The predicted molar refractivity (Wildman–Crippen MR) is 74.0 cm³/mol. The molecule has 0 spiro atoms. The number of para-hydroxylation sites is 1. The van der Waals surface area contributed by atoms with Crippen molar-refractivity contribution in [3.05, 3.63) is 58.9 Å². The smallest absolute Gasteiger partial charge is 0.129 e. The van der Waals surface area contributed by atoms with Crippen LogP contribution in [0.4, 0.5) is 15.8 Å². The first-order valence-electron chi connectivity index (χ1n) is 5.89. The van der Waals surface area contributed by atoms with Crippen molar-refractivity contribution in [3.63, 3.8) is 0 Å². The van der Waals surface area contributed by atoms with Crippen molar-refractivity contribution in [2.75, 3.05) is 11.1 Å². The average Bonchev–Trinajstić information content (AvgIpc) is 2.42. The summed E-state index contributed by atoms with van der Waals surface area (Å²) in [5.74, 6) is -0.386. The minimum absolute atomic E-state index is 0.298. The van der Waals surface area contributed by atoms with E-state index >= 15 is 0 Å². The van der Waals surface area contributed by atoms with Crippen molar-refractivity contribution in [3.8, 4) is 6.07 Å². The van der Waals surface area contributed by atoms with Gasteiger partial charge in [-0.05, 0) is 30.7 Å². The number of nitrogens with zero attached hydrogens (tertiary/aromatic N) is 1. The number of halogens is 1. The minimum Gasteiger partial charge on any atom is -0.398 e. The molecule has 0 radical (unpaired) electrons. The number of nitriles is 1. The van der Waals surface area contributed by atoms with E-state index in [9.17, 15) is 4.39 Å². The Kier molecular flexibility index (Phi) is 3.67. The van der Waals surface area contributed by atoms with Gasteiger partial charge >= 0.3 is 0 Å². The summed E-state index contributed by atoms with van der Waals surface area (Å²) < 4.78 is 13.6. The second-order valence-electron chi connectivity index (χ2n) is 4.29. The maximum Gasteiger partial charge on any atom is 0.129 e. The fourth-order valence-electron chi connectivity index (χ4n) is 1.81. The lowest BCUT2D eigenvalue weighted by Gasteiger charge is -2.12. The van der Waals surface area contributed by atoms with Crippen molar-refractivity contribution < 1.29 is 4.39 Å². The Labute approximate surface area is 111 Å². The number of nitrogen functional groups attached to an aromatic ring is 1. The molecule has 96 valence electrons. The van der Waals surface area contributed by atoms with Gasteiger partial charge in [-0.2, -0.15) is 5.26 Å². The van der Waals surface area contributed by atoms with Crippen LogP contribution in [0, 0.1) is 24.1 Å². The van der Waals surface area contributed by atoms with Crippen LogP contribution in [0.15, 0.2) is 36.4 Å². The number of hydrogen-bond donors (Lipinski definition) is 2. The summed E-state index contributed by atoms with van der Waals surface area (Å²) in [6, 6.07) is 12.3. The van der Waals surface area contributed by atoms with Crippen LogP contribution < -0.4 is 11.1 Å². The van der Waals surface area contributed by atoms with Gasteiger partial charge in [0.15, 0.2) is 0 Å². The molecule has 3 N–H and O–H groups in total. The van der Waals surface area contributed by atoms with Crippen LogP contribution in [0.25, 0.3) is 0 Å². The third-order valence-electron chi connectivity index (χ3n) is 3.00. The molecule has 0 saturated carbocycles. The average molecular weight is 255 g/mol. The summed E-state index contributed by atoms with van der Waals surface area (Å²) in [5, 5.41) is 12.0. The second-order valence-corrected chi connectivity index (χ2v) is 4.29. The highest BCUT2D eigenvalue weighted by atomic mass is 19.1. The molecule has 0 fully saturated rings. The number of benzene rings is 2. The summed E-state index contributed by atoms with van der Waals surface area (Å²) in [6.07, 6.45) is 0. The number of hydrogen-bond acceptors (Lipinski definition) is 3. The zero-order valence-electron chi connectivity index (χ0n) is 10.6. The van der Waals surface area contributed by atoms with Crippen LogP contribution >= 0.6 is 0 Å². The molecule has 2 aromatic rings. The maximum atomic E-state index is 13.6. The Morgan fingerprint density at radius 1 is 1.32 bits per heavy atom. The Bertz CT molecular complexity index is 644. The summed E-state index contributed by atoms with van der Waals surface area (Å²) in [6.45, 7) is 2.16. The van der Waals surface area contributed by atoms with Crippen LogP contribution in [0.3, 0.4) is 0 Å². The van der Waals surface area contributed by atoms with Crippen LogP contribution in [0.2, 0.25) is 0 Å². The van der Waals surface area contributed by atoms with Crippen molar-refractivity contribution in [2.24, 2.45) is 0 Å². The van der Waals surface area contributed by atoms with Gasteiger partial charge in [0.2, 0.25) is 0 Å². The molecule has 0 aliphatic rings. The number of anilines is 2. The molecule has 0 unspecified atom stereocenters. The van der Waals surface area contributed by atoms with E-state index in [1.165, 1.54) is 6.07 Å². The van der Waals surface area contributed by atoms with E-state index < -0.39 is 0 Å². The van der Waals surface area contributed by atoms with E-state index in [4.69, 9.17) is 11.0 Å². The van der Waals surface area contributed by atoms with E-state index in [-0.39, 0.29) is 5.82 Å². The standard InChI is InChI=1S/C15H14FN3/c1-10-13(16)6-11(8-17)7-15(10)19-9-12-4-2-3-5-14(12)18/h2-7,19H,9,18H2,1H3. The summed E-state index contributed by atoms with van der Waals surface area (Å²) >= 11 is 0. The lowest BCUT2D eigenvalue weighted by Crippen LogP contribution is -2.05. The van der Waals surface area contributed by atoms with Crippen LogP contribution in [-0.4, -0.2) is 0 Å². The Hall–Kier alpha value is -2.54. The molecule has 0 saturated heterocycles. The van der Waals surface area contributed by atoms with E-state index in [1.54, 1.807) is 13.0 Å². The molecule has 19 heavy (non-hydrogen) atoms. The van der Waals surface area contributed by atoms with Crippen molar-refractivity contribution in [1.29, 1.82) is 5.26 Å². The molecule has 2 rings (SSSR count). The third-order valence-corrected chi connectivity index (χ3v) is 3.00. The van der Waals surface area contributed by atoms with Gasteiger partial charge in [-0.1, -0.05) is 18.2 Å². The van der Waals surface area contributed by atoms with Gasteiger partial charge in [0, 0.05) is 23.5 Å². The number of rotatable bonds is 3. The monoisotopic (exact) mass is 255 g/mol. The highest BCUT2D eigenvalue weighted by Crippen LogP contribution is 2.22. The summed E-state index contributed by atoms with van der Waals surface area (Å²) in [7, 11) is 0. The first-order chi connectivity index (χ1) is 9.11. The van der Waals surface area contributed by atoms with E-state index in [0.717, 1.165) is 5.56 Å². The van der Waals surface area contributed by atoms with Gasteiger partial charge in [-0.15, -0.1) is 0 Å². The van der Waals surface area contributed by atoms with Gasteiger partial charge < -0.3 is 11.1 Å². The second kappa shape index (κ2) is 5.40. The number of nitrogens with two attached hydrogens (primary N) is 1. The predicted octanol–water partition coefficient (Wildman–Crippen LogP) is 3.20. The largest absolute Gasteiger partial charge is 0.398 e. The number of nitrogens with one attached hydrogen (secondary N) is 1. The van der Waals surface area contributed by atoms with E-state index in [2.05, 4.69) is 5.32 Å². The molecular weight excluding hydrogens is 241 g/mol. The van der Waals surface area contributed by atoms with Crippen molar-refractivity contribution in [2.45, 2.75) is 13.5 Å². The van der Waals surface area contributed by atoms with Gasteiger partial charge in [-0.3, -0.25) is 0 Å². The zero-order valence-corrected chi connectivity index (χ0v) is 10.6. The maximum absolute atomic E-state index is 13.6. The third kappa shape index (κ3) is 2.83. The molecule has 0 bridgehead atoms. The Morgan fingerprint density at radius 3 is 2.74 bits per heavy atom. The van der Waals surface area contributed by atoms with Crippen molar-refractivity contribution in [1.82, 2.24) is 0 Å². The minimum atomic E-state index is -0.386. The molecule has 0 heterocycles. The van der Waals surface area contributed by atoms with Crippen LogP contribution in [0.1, 0.15) is 16.7 Å². The molecule has 3 nitrogen and oxygen atoms in total. The fourth-order valence-corrected chi connectivity index (χ4v) is 1.81. The molecule has 2 aromatic carbocycles. The van der Waals surface area contributed by atoms with E-state index in [1.807, 2.05) is 30.3 Å². The lowest BCUT2D eigenvalue weighted by molar-refractivity contribution is 0.618. The van der Waals surface area contributed by atoms with Gasteiger partial charge in [0.1, 0.15) is 5.82 Å². The fraction of sp³-hybridized carbons (Fsp3) is 0.133. The molecule has 0 aliphatic heterocycles. The molecule has 0 amide bonds. The summed E-state index contributed by atoms with van der Waals surface area (Å²) in [4.78, 5) is 0. The highest BCUT2D eigenvalue weighted by molar-refractivity contribution is 5.57. The highest BCUT2D eigenvalue weighted by Gasteiger charge is 2.07. The Morgan fingerprint density at radius 2 is 2.05 bits per heavy atom. The first-order valence-corrected chi connectivity index (χ1v) is 5.89. The SMILES string of the molecule is Cc1c(F)cc(C#N)cc1NCc1ccccc1N. The lowest BCUT2D eigenvalue weighted by atomic mass is 10.1. The van der Waals surface area contributed by atoms with E-state index in [0.29, 0.717) is 29.0 Å². The van der Waals surface area contributed by atoms with Gasteiger partial charge in [0.25, 0.3) is 0 Å². The molecule has 0 aliphatic carbocycles. The Balaban J connectivity index is 2.23. The van der Waals surface area contributed by atoms with Crippen LogP contribution in [0.5, 0.6) is 0 Å². The molecule has 4 heteroatoms. The molecule has 0 atom stereocenters. The normalized spacial score (nSPS) is 9.95. The van der Waals surface area contributed by atoms with Crippen LogP contribution in [-0.2, 0) is 6.54 Å². The molecule has 0 aromatic heterocycles. The zero-order chi connectivity index (χ0) is 13.8. The summed E-state index contributed by atoms with van der Waals surface area (Å²) in [5.41, 5.74) is 8.86. The van der Waals surface area contributed by atoms with Gasteiger partial charge in [-0.25, -0.2) is 4.39 Å². The molecular formula is C15H14FN3. The van der Waals surface area contributed by atoms with Gasteiger partial charge in [0.05, 0.1) is 11.6 Å². The topological polar surface area (TPSA) is 61.8 Å². The quantitative estimate of drug-likeness (QED) is 0.828. The van der Waals surface area contributed by atoms with Crippen molar-refractivity contribution >= 4 is 11.4 Å².